The van der Waals surface area contributed by atoms with Crippen LogP contribution in [0.5, 0.6) is 0 Å². The van der Waals surface area contributed by atoms with E-state index in [1.165, 1.54) is 11.3 Å². The van der Waals surface area contributed by atoms with E-state index in [1.54, 1.807) is 24.3 Å². The number of benzene rings is 2. The highest BCUT2D eigenvalue weighted by Crippen LogP contribution is 2.34. The summed E-state index contributed by atoms with van der Waals surface area (Å²) >= 11 is 7.58. The van der Waals surface area contributed by atoms with Crippen LogP contribution in [0.3, 0.4) is 0 Å². The van der Waals surface area contributed by atoms with Crippen molar-refractivity contribution in [3.05, 3.63) is 64.0 Å². The predicted molar refractivity (Wildman–Crippen MR) is 115 cm³/mol. The minimum absolute atomic E-state index is 0.156. The summed E-state index contributed by atoms with van der Waals surface area (Å²) in [6.45, 7) is -0.206. The molecule has 1 saturated carbocycles. The van der Waals surface area contributed by atoms with Crippen LogP contribution in [-0.2, 0) is 4.79 Å². The molecule has 1 aliphatic rings. The largest absolute Gasteiger partial charge is 0.349 e. The van der Waals surface area contributed by atoms with E-state index in [0.717, 1.165) is 22.9 Å². The van der Waals surface area contributed by atoms with Gasteiger partial charge in [-0.3, -0.25) is 14.4 Å². The number of hydrogen-bond donors (Lipinski definition) is 3. The number of thiophene rings is 1. The molecule has 1 aromatic heterocycles. The molecule has 3 N–H and O–H groups in total. The van der Waals surface area contributed by atoms with Crippen LogP contribution in [-0.4, -0.2) is 30.3 Å². The zero-order valence-corrected chi connectivity index (χ0v) is 16.9. The number of anilines is 1. The number of nitrogens with one attached hydrogen (secondary N) is 3. The van der Waals surface area contributed by atoms with Gasteiger partial charge in [0, 0.05) is 27.4 Å². The molecule has 8 heteroatoms. The van der Waals surface area contributed by atoms with Crippen LogP contribution in [0.25, 0.3) is 10.1 Å². The third-order valence-corrected chi connectivity index (χ3v) is 6.15. The maximum atomic E-state index is 12.4. The molecule has 0 bridgehead atoms. The molecule has 3 amide bonds. The standard InChI is InChI=1S/C21H18ClN3O3S/c22-18-15-6-1-2-7-16(15)29-19(18)21(28)23-11-17(26)24-14-5-3-4-12(10-14)20(27)25-13-8-9-13/h1-7,10,13H,8-9,11H2,(H,23,28)(H,24,26)(H,25,27). The van der Waals surface area contributed by atoms with Crippen LogP contribution < -0.4 is 16.0 Å². The van der Waals surface area contributed by atoms with Crippen molar-refractivity contribution in [3.8, 4) is 0 Å². The van der Waals surface area contributed by atoms with Crippen molar-refractivity contribution < 1.29 is 14.4 Å². The quantitative estimate of drug-likeness (QED) is 0.559. The van der Waals surface area contributed by atoms with Gasteiger partial charge in [0.25, 0.3) is 11.8 Å². The minimum Gasteiger partial charge on any atom is -0.349 e. The van der Waals surface area contributed by atoms with Crippen molar-refractivity contribution in [1.82, 2.24) is 10.6 Å². The van der Waals surface area contributed by atoms with Crippen molar-refractivity contribution in [3.63, 3.8) is 0 Å². The van der Waals surface area contributed by atoms with Crippen LogP contribution in [0.2, 0.25) is 5.02 Å². The molecule has 2 aromatic carbocycles. The van der Waals surface area contributed by atoms with Gasteiger partial charge in [-0.05, 0) is 37.1 Å². The molecule has 0 saturated heterocycles. The van der Waals surface area contributed by atoms with Crippen LogP contribution in [0, 0.1) is 0 Å². The van der Waals surface area contributed by atoms with Gasteiger partial charge >= 0.3 is 0 Å². The van der Waals surface area contributed by atoms with E-state index in [9.17, 15) is 14.4 Å². The Morgan fingerprint density at radius 3 is 2.59 bits per heavy atom. The summed E-state index contributed by atoms with van der Waals surface area (Å²) in [5.74, 6) is -0.949. The van der Waals surface area contributed by atoms with E-state index in [2.05, 4.69) is 16.0 Å². The molecule has 148 valence electrons. The topological polar surface area (TPSA) is 87.3 Å². The van der Waals surface area contributed by atoms with Crippen molar-refractivity contribution in [2.75, 3.05) is 11.9 Å². The molecule has 6 nitrogen and oxygen atoms in total. The fourth-order valence-corrected chi connectivity index (χ4v) is 4.27. The van der Waals surface area contributed by atoms with Crippen LogP contribution >= 0.6 is 22.9 Å². The lowest BCUT2D eigenvalue weighted by Gasteiger charge is -2.08. The highest BCUT2D eigenvalue weighted by Gasteiger charge is 2.24. The molecule has 29 heavy (non-hydrogen) atoms. The second kappa shape index (κ2) is 8.23. The number of hydrogen-bond acceptors (Lipinski definition) is 4. The number of halogens is 1. The first-order valence-electron chi connectivity index (χ1n) is 9.17. The van der Waals surface area contributed by atoms with Crippen molar-refractivity contribution >= 4 is 56.4 Å². The van der Waals surface area contributed by atoms with E-state index in [-0.39, 0.29) is 18.5 Å². The minimum atomic E-state index is -0.399. The fourth-order valence-electron chi connectivity index (χ4n) is 2.84. The van der Waals surface area contributed by atoms with Gasteiger partial charge in [0.05, 0.1) is 11.6 Å². The van der Waals surface area contributed by atoms with Crippen LogP contribution in [0.4, 0.5) is 5.69 Å². The number of rotatable bonds is 6. The van der Waals surface area contributed by atoms with Gasteiger partial charge < -0.3 is 16.0 Å². The third kappa shape index (κ3) is 4.58. The molecule has 0 atom stereocenters. The smallest absolute Gasteiger partial charge is 0.263 e. The lowest BCUT2D eigenvalue weighted by Crippen LogP contribution is -2.32. The molecule has 3 aromatic rings. The van der Waals surface area contributed by atoms with Gasteiger partial charge in [-0.1, -0.05) is 35.9 Å². The first kappa shape index (κ1) is 19.4. The number of amides is 3. The highest BCUT2D eigenvalue weighted by molar-refractivity contribution is 7.21. The maximum Gasteiger partial charge on any atom is 0.263 e. The van der Waals surface area contributed by atoms with E-state index in [1.807, 2.05) is 24.3 Å². The molecule has 1 fully saturated rings. The van der Waals surface area contributed by atoms with Gasteiger partial charge in [-0.2, -0.15) is 0 Å². The fraction of sp³-hybridized carbons (Fsp3) is 0.190. The van der Waals surface area contributed by atoms with E-state index in [4.69, 9.17) is 11.6 Å². The number of fused-ring (bicyclic) bond motifs is 1. The van der Waals surface area contributed by atoms with E-state index in [0.29, 0.717) is 21.2 Å². The summed E-state index contributed by atoms with van der Waals surface area (Å²) in [7, 11) is 0. The van der Waals surface area contributed by atoms with Gasteiger partial charge in [0.1, 0.15) is 4.88 Å². The van der Waals surface area contributed by atoms with Gasteiger partial charge in [0.15, 0.2) is 0 Å². The Bertz CT molecular complexity index is 1110. The Hall–Kier alpha value is -2.90. The zero-order chi connectivity index (χ0) is 20.4. The molecular formula is C21H18ClN3O3S. The molecule has 0 aliphatic heterocycles. The summed E-state index contributed by atoms with van der Waals surface area (Å²) in [5, 5.41) is 9.39. The van der Waals surface area contributed by atoms with Gasteiger partial charge in [-0.25, -0.2) is 0 Å². The maximum absolute atomic E-state index is 12.4. The molecular weight excluding hydrogens is 410 g/mol. The van der Waals surface area contributed by atoms with Crippen LogP contribution in [0.15, 0.2) is 48.5 Å². The van der Waals surface area contributed by atoms with Crippen molar-refractivity contribution in [2.24, 2.45) is 0 Å². The van der Waals surface area contributed by atoms with Crippen molar-refractivity contribution in [2.45, 2.75) is 18.9 Å². The second-order valence-electron chi connectivity index (χ2n) is 6.80. The SMILES string of the molecule is O=C(CNC(=O)c1sc2ccccc2c1Cl)Nc1cccc(C(=O)NC2CC2)c1. The average molecular weight is 428 g/mol. The normalized spacial score (nSPS) is 13.1. The van der Waals surface area contributed by atoms with Gasteiger partial charge in [0.2, 0.25) is 5.91 Å². The van der Waals surface area contributed by atoms with Crippen LogP contribution in [0.1, 0.15) is 32.9 Å². The molecule has 0 radical (unpaired) electrons. The molecule has 1 heterocycles. The monoisotopic (exact) mass is 427 g/mol. The zero-order valence-electron chi connectivity index (χ0n) is 15.3. The molecule has 0 spiro atoms. The Balaban J connectivity index is 1.35. The number of carbonyl (C=O) groups excluding carboxylic acids is 3. The van der Waals surface area contributed by atoms with Crippen molar-refractivity contribution in [1.29, 1.82) is 0 Å². The summed E-state index contributed by atoms with van der Waals surface area (Å²) in [6, 6.07) is 14.4. The van der Waals surface area contributed by atoms with E-state index >= 15 is 0 Å². The molecule has 0 unspecified atom stereocenters. The predicted octanol–water partition coefficient (Wildman–Crippen LogP) is 3.82. The average Bonchev–Trinajstić information content (AvgIpc) is 3.48. The lowest BCUT2D eigenvalue weighted by atomic mass is 10.2. The molecule has 1 aliphatic carbocycles. The molecule has 4 rings (SSSR count). The summed E-state index contributed by atoms with van der Waals surface area (Å²) in [4.78, 5) is 37.1. The Labute approximate surface area is 176 Å². The Morgan fingerprint density at radius 2 is 1.83 bits per heavy atom. The first-order valence-corrected chi connectivity index (χ1v) is 10.4. The summed E-state index contributed by atoms with van der Waals surface area (Å²) in [6.07, 6.45) is 2.01. The van der Waals surface area contributed by atoms with E-state index < -0.39 is 11.8 Å². The Kier molecular flexibility index (Phi) is 5.51. The summed E-state index contributed by atoms with van der Waals surface area (Å²) < 4.78 is 0.911. The first-order chi connectivity index (χ1) is 14.0. The second-order valence-corrected chi connectivity index (χ2v) is 8.23. The third-order valence-electron chi connectivity index (χ3n) is 4.47. The highest BCUT2D eigenvalue weighted by atomic mass is 35.5. The van der Waals surface area contributed by atoms with Gasteiger partial charge in [-0.15, -0.1) is 11.3 Å². The lowest BCUT2D eigenvalue weighted by molar-refractivity contribution is -0.115. The summed E-state index contributed by atoms with van der Waals surface area (Å²) in [5.41, 5.74) is 0.975. The number of carbonyl (C=O) groups is 3. The Morgan fingerprint density at radius 1 is 1.03 bits per heavy atom.